The standard InChI is InChI=1S/C12H8N3O3/c16-12-8-4-2-6-10(12)14-13-9-5-1-3-7-11(9)15(17)18/h1-5,7-8,16H/b14-13+. The van der Waals surface area contributed by atoms with Crippen molar-refractivity contribution in [2.24, 2.45) is 10.2 Å². The van der Waals surface area contributed by atoms with Gasteiger partial charge in [-0.3, -0.25) is 10.1 Å². The number of benzene rings is 2. The van der Waals surface area contributed by atoms with Gasteiger partial charge in [0.05, 0.1) is 4.92 Å². The van der Waals surface area contributed by atoms with Gasteiger partial charge in [0.2, 0.25) is 0 Å². The Hall–Kier alpha value is -2.76. The summed E-state index contributed by atoms with van der Waals surface area (Å²) in [4.78, 5) is 10.2. The number of nitrogens with zero attached hydrogens (tertiary/aromatic N) is 3. The summed E-state index contributed by atoms with van der Waals surface area (Å²) >= 11 is 0. The van der Waals surface area contributed by atoms with Crippen molar-refractivity contribution in [3.63, 3.8) is 0 Å². The Morgan fingerprint density at radius 1 is 1.17 bits per heavy atom. The summed E-state index contributed by atoms with van der Waals surface area (Å²) in [5.41, 5.74) is 0.117. The number of aromatic hydroxyl groups is 1. The van der Waals surface area contributed by atoms with Crippen LogP contribution in [0.4, 0.5) is 17.1 Å². The molecule has 2 aromatic rings. The summed E-state index contributed by atoms with van der Waals surface area (Å²) in [5, 5.41) is 27.7. The Balaban J connectivity index is 2.35. The Kier molecular flexibility index (Phi) is 3.29. The van der Waals surface area contributed by atoms with Gasteiger partial charge in [0.25, 0.3) is 5.69 Å². The third-order valence-electron chi connectivity index (χ3n) is 2.15. The minimum atomic E-state index is -0.539. The first-order valence-corrected chi connectivity index (χ1v) is 5.03. The predicted octanol–water partition coefficient (Wildman–Crippen LogP) is 3.52. The summed E-state index contributed by atoms with van der Waals surface area (Å²) in [6.45, 7) is 0. The summed E-state index contributed by atoms with van der Waals surface area (Å²) in [5.74, 6) is -0.0835. The molecule has 0 saturated carbocycles. The van der Waals surface area contributed by atoms with E-state index < -0.39 is 4.92 Å². The number of nitro benzene ring substituents is 1. The van der Waals surface area contributed by atoms with Gasteiger partial charge in [-0.1, -0.05) is 24.3 Å². The third-order valence-corrected chi connectivity index (χ3v) is 2.15. The fourth-order valence-corrected chi connectivity index (χ4v) is 1.31. The first-order valence-electron chi connectivity index (χ1n) is 5.03. The number of rotatable bonds is 3. The summed E-state index contributed by atoms with van der Waals surface area (Å²) in [6, 6.07) is 13.2. The van der Waals surface area contributed by atoms with Gasteiger partial charge < -0.3 is 5.11 Å². The number of hydrogen-bond donors (Lipinski definition) is 1. The van der Waals surface area contributed by atoms with Gasteiger partial charge in [0.1, 0.15) is 11.4 Å². The lowest BCUT2D eigenvalue weighted by Crippen LogP contribution is -1.86. The van der Waals surface area contributed by atoms with Gasteiger partial charge in [-0.2, -0.15) is 0 Å². The molecule has 2 aromatic carbocycles. The van der Waals surface area contributed by atoms with E-state index in [9.17, 15) is 15.2 Å². The molecule has 0 saturated heterocycles. The molecule has 6 nitrogen and oxygen atoms in total. The zero-order valence-electron chi connectivity index (χ0n) is 9.15. The lowest BCUT2D eigenvalue weighted by atomic mass is 10.3. The van der Waals surface area contributed by atoms with Gasteiger partial charge in [-0.15, -0.1) is 10.2 Å². The Bertz CT molecular complexity index is 611. The van der Waals surface area contributed by atoms with Gasteiger partial charge >= 0.3 is 0 Å². The van der Waals surface area contributed by atoms with Crippen LogP contribution in [-0.2, 0) is 0 Å². The summed E-state index contributed by atoms with van der Waals surface area (Å²) in [7, 11) is 0. The molecule has 0 atom stereocenters. The first kappa shape index (κ1) is 11.7. The SMILES string of the molecule is O=[N+]([O-])c1ccccc1/N=N/c1[c]cccc1O. The molecule has 0 fully saturated rings. The third kappa shape index (κ3) is 2.49. The number of azo groups is 1. The van der Waals surface area contributed by atoms with E-state index in [1.54, 1.807) is 24.3 Å². The molecule has 0 aromatic heterocycles. The molecule has 1 N–H and O–H groups in total. The average molecular weight is 242 g/mol. The van der Waals surface area contributed by atoms with E-state index in [-0.39, 0.29) is 22.8 Å². The van der Waals surface area contributed by atoms with Gasteiger partial charge in [-0.05, 0) is 12.1 Å². The van der Waals surface area contributed by atoms with Crippen molar-refractivity contribution < 1.29 is 10.0 Å². The average Bonchev–Trinajstić information content (AvgIpc) is 2.38. The van der Waals surface area contributed by atoms with Crippen molar-refractivity contribution in [1.82, 2.24) is 0 Å². The molecule has 0 bridgehead atoms. The van der Waals surface area contributed by atoms with Crippen molar-refractivity contribution >= 4 is 17.1 Å². The van der Waals surface area contributed by atoms with Crippen molar-refractivity contribution in [1.29, 1.82) is 0 Å². The second-order valence-corrected chi connectivity index (χ2v) is 3.35. The minimum Gasteiger partial charge on any atom is -0.506 e. The zero-order chi connectivity index (χ0) is 13.0. The lowest BCUT2D eigenvalue weighted by Gasteiger charge is -1.97. The first-order chi connectivity index (χ1) is 8.68. The van der Waals surface area contributed by atoms with E-state index in [0.29, 0.717) is 0 Å². The molecule has 0 aliphatic carbocycles. The van der Waals surface area contributed by atoms with Crippen LogP contribution in [0.15, 0.2) is 52.7 Å². The Labute approximate surface area is 102 Å². The predicted molar refractivity (Wildman–Crippen MR) is 64.2 cm³/mol. The molecule has 6 heteroatoms. The topological polar surface area (TPSA) is 88.1 Å². The maximum Gasteiger partial charge on any atom is 0.296 e. The van der Waals surface area contributed by atoms with E-state index >= 15 is 0 Å². The zero-order valence-corrected chi connectivity index (χ0v) is 9.15. The summed E-state index contributed by atoms with van der Waals surface area (Å²) in [6.07, 6.45) is 0. The van der Waals surface area contributed by atoms with Crippen LogP contribution in [0.25, 0.3) is 0 Å². The van der Waals surface area contributed by atoms with Crippen molar-refractivity contribution in [2.45, 2.75) is 0 Å². The number of phenolic OH excluding ortho intramolecular Hbond substituents is 1. The van der Waals surface area contributed by atoms with E-state index in [2.05, 4.69) is 16.3 Å². The van der Waals surface area contributed by atoms with Crippen molar-refractivity contribution in [2.75, 3.05) is 0 Å². The fourth-order valence-electron chi connectivity index (χ4n) is 1.31. The van der Waals surface area contributed by atoms with Crippen molar-refractivity contribution in [3.05, 3.63) is 58.6 Å². The fraction of sp³-hybridized carbons (Fsp3) is 0. The van der Waals surface area contributed by atoms with Crippen LogP contribution in [0, 0.1) is 16.2 Å². The molecule has 0 spiro atoms. The van der Waals surface area contributed by atoms with Crippen LogP contribution in [-0.4, -0.2) is 10.0 Å². The molecule has 2 rings (SSSR count). The van der Waals surface area contributed by atoms with Gasteiger partial charge in [0.15, 0.2) is 5.69 Å². The molecule has 0 unspecified atom stereocenters. The number of para-hydroxylation sites is 1. The highest BCUT2D eigenvalue weighted by Crippen LogP contribution is 2.30. The molecule has 0 heterocycles. The van der Waals surface area contributed by atoms with Gasteiger partial charge in [0, 0.05) is 12.1 Å². The van der Waals surface area contributed by atoms with E-state index in [4.69, 9.17) is 0 Å². The van der Waals surface area contributed by atoms with E-state index in [1.807, 2.05) is 0 Å². The molecule has 18 heavy (non-hydrogen) atoms. The Morgan fingerprint density at radius 2 is 1.94 bits per heavy atom. The van der Waals surface area contributed by atoms with Crippen LogP contribution >= 0.6 is 0 Å². The maximum absolute atomic E-state index is 10.7. The second kappa shape index (κ2) is 5.05. The molecule has 1 radical (unpaired) electrons. The van der Waals surface area contributed by atoms with Crippen LogP contribution in [0.1, 0.15) is 0 Å². The summed E-state index contributed by atoms with van der Waals surface area (Å²) < 4.78 is 0. The lowest BCUT2D eigenvalue weighted by molar-refractivity contribution is -0.384. The highest BCUT2D eigenvalue weighted by atomic mass is 16.6. The van der Waals surface area contributed by atoms with Crippen molar-refractivity contribution in [3.8, 4) is 5.75 Å². The second-order valence-electron chi connectivity index (χ2n) is 3.35. The molecular weight excluding hydrogens is 234 g/mol. The molecule has 0 amide bonds. The number of hydrogen-bond acceptors (Lipinski definition) is 5. The van der Waals surface area contributed by atoms with Crippen LogP contribution in [0.5, 0.6) is 5.75 Å². The van der Waals surface area contributed by atoms with Gasteiger partial charge in [-0.25, -0.2) is 0 Å². The minimum absolute atomic E-state index is 0.0835. The largest absolute Gasteiger partial charge is 0.506 e. The quantitative estimate of drug-likeness (QED) is 0.507. The van der Waals surface area contributed by atoms with Crippen LogP contribution in [0.2, 0.25) is 0 Å². The monoisotopic (exact) mass is 242 g/mol. The molecular formula is C12H8N3O3. The maximum atomic E-state index is 10.7. The highest BCUT2D eigenvalue weighted by Gasteiger charge is 2.11. The number of phenols is 1. The molecule has 0 aliphatic heterocycles. The normalized spacial score (nSPS) is 10.7. The smallest absolute Gasteiger partial charge is 0.296 e. The molecule has 0 aliphatic rings. The van der Waals surface area contributed by atoms with Crippen LogP contribution in [0.3, 0.4) is 0 Å². The van der Waals surface area contributed by atoms with E-state index in [0.717, 1.165) is 0 Å². The number of nitro groups is 1. The van der Waals surface area contributed by atoms with Crippen LogP contribution < -0.4 is 0 Å². The highest BCUT2D eigenvalue weighted by molar-refractivity contribution is 5.57. The molecule has 89 valence electrons. The van der Waals surface area contributed by atoms with E-state index in [1.165, 1.54) is 18.2 Å². The Morgan fingerprint density at radius 3 is 2.67 bits per heavy atom.